The molecule has 8 nitrogen and oxygen atoms in total. The van der Waals surface area contributed by atoms with Gasteiger partial charge < -0.3 is 14.2 Å². The van der Waals surface area contributed by atoms with Crippen LogP contribution in [0.5, 0.6) is 11.5 Å². The SMILES string of the molecule is CCOC(=O)CC(=O)c1cc(OC)c(OC)cc1N=NN1CCCC1.[NaH]. The summed E-state index contributed by atoms with van der Waals surface area (Å²) < 4.78 is 15.3. The molecule has 1 fully saturated rings. The van der Waals surface area contributed by atoms with E-state index in [1.807, 2.05) is 5.01 Å². The summed E-state index contributed by atoms with van der Waals surface area (Å²) >= 11 is 0. The molecule has 2 rings (SSSR count). The number of rotatable bonds is 8. The molecule has 0 aromatic heterocycles. The van der Waals surface area contributed by atoms with Gasteiger partial charge in [0.05, 0.1) is 20.8 Å². The molecule has 1 aliphatic rings. The van der Waals surface area contributed by atoms with E-state index < -0.39 is 11.8 Å². The van der Waals surface area contributed by atoms with E-state index in [2.05, 4.69) is 10.3 Å². The summed E-state index contributed by atoms with van der Waals surface area (Å²) in [6.45, 7) is 3.58. The molecule has 0 N–H and O–H groups in total. The van der Waals surface area contributed by atoms with Crippen LogP contribution in [0.3, 0.4) is 0 Å². The van der Waals surface area contributed by atoms with Crippen molar-refractivity contribution in [2.75, 3.05) is 33.9 Å². The molecule has 138 valence electrons. The van der Waals surface area contributed by atoms with Gasteiger partial charge in [0.2, 0.25) is 0 Å². The van der Waals surface area contributed by atoms with Crippen molar-refractivity contribution in [1.82, 2.24) is 5.01 Å². The van der Waals surface area contributed by atoms with Gasteiger partial charge in [-0.05, 0) is 25.8 Å². The van der Waals surface area contributed by atoms with Crippen LogP contribution < -0.4 is 9.47 Å². The quantitative estimate of drug-likeness (QED) is 0.228. The van der Waals surface area contributed by atoms with Crippen LogP contribution in [0.4, 0.5) is 5.69 Å². The summed E-state index contributed by atoms with van der Waals surface area (Å²) in [6, 6.07) is 3.09. The Labute approximate surface area is 175 Å². The van der Waals surface area contributed by atoms with Crippen LogP contribution >= 0.6 is 0 Å². The third-order valence-electron chi connectivity index (χ3n) is 3.77. The first-order valence-electron chi connectivity index (χ1n) is 8.20. The third-order valence-corrected chi connectivity index (χ3v) is 3.77. The van der Waals surface area contributed by atoms with Crippen molar-refractivity contribution in [3.63, 3.8) is 0 Å². The number of carbonyl (C=O) groups excluding carboxylic acids is 2. The number of hydrogen-bond acceptors (Lipinski definition) is 7. The molecular formula is C17H24N3NaO5. The second-order valence-electron chi connectivity index (χ2n) is 5.48. The van der Waals surface area contributed by atoms with Gasteiger partial charge in [-0.1, -0.05) is 5.22 Å². The normalized spacial score (nSPS) is 13.4. The maximum absolute atomic E-state index is 12.5. The number of nitrogens with zero attached hydrogens (tertiary/aromatic N) is 3. The van der Waals surface area contributed by atoms with E-state index >= 15 is 0 Å². The Morgan fingerprint density at radius 3 is 2.31 bits per heavy atom. The molecule has 0 amide bonds. The average Bonchev–Trinajstić information content (AvgIpc) is 3.12. The molecule has 0 unspecified atom stereocenters. The minimum absolute atomic E-state index is 0. The van der Waals surface area contributed by atoms with Crippen molar-refractivity contribution in [2.24, 2.45) is 10.3 Å². The molecule has 1 aliphatic heterocycles. The second kappa shape index (κ2) is 11.2. The van der Waals surface area contributed by atoms with Crippen LogP contribution in [0.15, 0.2) is 22.5 Å². The predicted octanol–water partition coefficient (Wildman–Crippen LogP) is 2.29. The van der Waals surface area contributed by atoms with Gasteiger partial charge in [-0.2, -0.15) is 0 Å². The van der Waals surface area contributed by atoms with Crippen molar-refractivity contribution in [3.8, 4) is 11.5 Å². The monoisotopic (exact) mass is 373 g/mol. The van der Waals surface area contributed by atoms with Crippen molar-refractivity contribution in [1.29, 1.82) is 0 Å². The Balaban J connectivity index is 0.00000338. The van der Waals surface area contributed by atoms with Crippen molar-refractivity contribution in [3.05, 3.63) is 17.7 Å². The Hall–Kier alpha value is -1.64. The van der Waals surface area contributed by atoms with E-state index in [9.17, 15) is 9.59 Å². The Kier molecular flexibility index (Phi) is 9.61. The molecule has 26 heavy (non-hydrogen) atoms. The molecule has 0 spiro atoms. The van der Waals surface area contributed by atoms with Gasteiger partial charge in [-0.3, -0.25) is 14.6 Å². The maximum atomic E-state index is 12.5. The van der Waals surface area contributed by atoms with Gasteiger partial charge in [0, 0.05) is 24.7 Å². The zero-order valence-electron chi connectivity index (χ0n) is 14.8. The van der Waals surface area contributed by atoms with E-state index in [4.69, 9.17) is 14.2 Å². The van der Waals surface area contributed by atoms with E-state index in [0.29, 0.717) is 17.2 Å². The fourth-order valence-corrected chi connectivity index (χ4v) is 2.51. The minimum atomic E-state index is -0.579. The van der Waals surface area contributed by atoms with E-state index in [0.717, 1.165) is 25.9 Å². The predicted molar refractivity (Wildman–Crippen MR) is 97.6 cm³/mol. The van der Waals surface area contributed by atoms with E-state index in [1.165, 1.54) is 20.3 Å². The summed E-state index contributed by atoms with van der Waals surface area (Å²) in [7, 11) is 2.97. The molecule has 0 aliphatic carbocycles. The average molecular weight is 373 g/mol. The van der Waals surface area contributed by atoms with Gasteiger partial charge >= 0.3 is 35.5 Å². The fraction of sp³-hybridized carbons (Fsp3) is 0.529. The topological polar surface area (TPSA) is 89.8 Å². The van der Waals surface area contributed by atoms with Gasteiger partial charge in [-0.15, -0.1) is 5.11 Å². The molecule has 0 atom stereocenters. The summed E-state index contributed by atoms with van der Waals surface area (Å²) in [5.41, 5.74) is 0.576. The number of methoxy groups -OCH3 is 2. The van der Waals surface area contributed by atoms with E-state index in [1.54, 1.807) is 13.0 Å². The number of benzene rings is 1. The Bertz CT molecular complexity index is 660. The summed E-state index contributed by atoms with van der Waals surface area (Å²) in [5, 5.41) is 10.2. The zero-order chi connectivity index (χ0) is 18.2. The molecule has 0 radical (unpaired) electrons. The van der Waals surface area contributed by atoms with Gasteiger partial charge in [0.25, 0.3) is 0 Å². The summed E-state index contributed by atoms with van der Waals surface area (Å²) in [5.74, 6) is -0.167. The Morgan fingerprint density at radius 2 is 1.73 bits per heavy atom. The molecule has 0 bridgehead atoms. The van der Waals surface area contributed by atoms with Crippen LogP contribution in [0, 0.1) is 0 Å². The number of ether oxygens (including phenoxy) is 3. The molecule has 1 aromatic rings. The number of Topliss-reactive ketones (excluding diaryl/α,β-unsaturated/α-hetero) is 1. The van der Waals surface area contributed by atoms with Crippen molar-refractivity contribution >= 4 is 47.0 Å². The standard InChI is InChI=1S/C17H23N3O5.Na.H/c1-4-25-17(22)11-14(21)12-9-15(23-2)16(24-3)10-13(12)18-19-20-7-5-6-8-20;;/h9-10H,4-8,11H2,1-3H3;;. The van der Waals surface area contributed by atoms with Crippen LogP contribution in [0.2, 0.25) is 0 Å². The summed E-state index contributed by atoms with van der Waals surface area (Å²) in [6.07, 6.45) is 1.77. The zero-order valence-corrected chi connectivity index (χ0v) is 14.8. The van der Waals surface area contributed by atoms with Crippen molar-refractivity contribution < 1.29 is 23.8 Å². The number of carbonyl (C=O) groups is 2. The number of hydrogen-bond donors (Lipinski definition) is 0. The van der Waals surface area contributed by atoms with Crippen LogP contribution in [-0.2, 0) is 9.53 Å². The van der Waals surface area contributed by atoms with Crippen LogP contribution in [0.1, 0.15) is 36.5 Å². The first-order valence-corrected chi connectivity index (χ1v) is 8.20. The molecule has 9 heteroatoms. The van der Waals surface area contributed by atoms with Crippen LogP contribution in [-0.4, -0.2) is 80.2 Å². The van der Waals surface area contributed by atoms with Crippen LogP contribution in [0.25, 0.3) is 0 Å². The fourth-order valence-electron chi connectivity index (χ4n) is 2.51. The number of esters is 1. The van der Waals surface area contributed by atoms with E-state index in [-0.39, 0.29) is 48.1 Å². The number of ketones is 1. The molecule has 0 saturated carbocycles. The van der Waals surface area contributed by atoms with Gasteiger partial charge in [-0.25, -0.2) is 0 Å². The molecular weight excluding hydrogens is 349 g/mol. The van der Waals surface area contributed by atoms with Crippen molar-refractivity contribution in [2.45, 2.75) is 26.2 Å². The molecule has 1 aromatic carbocycles. The third kappa shape index (κ3) is 5.96. The van der Waals surface area contributed by atoms with Gasteiger partial charge in [0.15, 0.2) is 17.3 Å². The first-order chi connectivity index (χ1) is 12.1. The Morgan fingerprint density at radius 1 is 1.12 bits per heavy atom. The molecule has 1 heterocycles. The molecule has 1 saturated heterocycles. The van der Waals surface area contributed by atoms with Gasteiger partial charge in [0.1, 0.15) is 12.1 Å². The summed E-state index contributed by atoms with van der Waals surface area (Å²) in [4.78, 5) is 24.1. The first kappa shape index (κ1) is 22.4. The second-order valence-corrected chi connectivity index (χ2v) is 5.48.